The molecule has 0 aliphatic carbocycles. The van der Waals surface area contributed by atoms with Crippen LogP contribution in [0, 0.1) is 5.92 Å². The lowest BCUT2D eigenvalue weighted by Gasteiger charge is -2.20. The number of hydrogen-bond acceptors (Lipinski definition) is 8. The van der Waals surface area contributed by atoms with Crippen LogP contribution in [-0.2, 0) is 6.54 Å². The van der Waals surface area contributed by atoms with Crippen molar-refractivity contribution in [2.45, 2.75) is 33.4 Å². The molecule has 2 aromatic heterocycles. The number of anilines is 4. The van der Waals surface area contributed by atoms with E-state index in [1.807, 2.05) is 20.8 Å². The van der Waals surface area contributed by atoms with Crippen LogP contribution in [0.5, 0.6) is 0 Å². The van der Waals surface area contributed by atoms with E-state index in [1.165, 1.54) is 0 Å². The van der Waals surface area contributed by atoms with Crippen LogP contribution in [0.4, 0.5) is 23.1 Å². The highest BCUT2D eigenvalue weighted by molar-refractivity contribution is 6.33. The number of benzene rings is 1. The van der Waals surface area contributed by atoms with Gasteiger partial charge in [-0.05, 0) is 31.0 Å². The molecule has 5 N–H and O–H groups in total. The van der Waals surface area contributed by atoms with Gasteiger partial charge in [-0.15, -0.1) is 5.10 Å². The lowest BCUT2D eigenvalue weighted by atomic mass is 10.1. The van der Waals surface area contributed by atoms with E-state index in [1.54, 1.807) is 22.9 Å². The van der Waals surface area contributed by atoms with E-state index in [4.69, 9.17) is 17.3 Å². The molecule has 27 heavy (non-hydrogen) atoms. The fourth-order valence-corrected chi connectivity index (χ4v) is 2.69. The molecule has 3 aromatic rings. The Morgan fingerprint density at radius 2 is 2.07 bits per heavy atom. The van der Waals surface area contributed by atoms with Crippen molar-refractivity contribution in [1.29, 1.82) is 0 Å². The van der Waals surface area contributed by atoms with Crippen molar-refractivity contribution in [3.8, 4) is 0 Å². The number of nitrogens with zero attached hydrogens (tertiary/aromatic N) is 5. The Balaban J connectivity index is 2.04. The van der Waals surface area contributed by atoms with E-state index in [0.717, 1.165) is 5.69 Å². The zero-order valence-electron chi connectivity index (χ0n) is 15.4. The maximum atomic E-state index is 9.60. The SMILES string of the molecule is CCn1nnc2c(Nc3ccc(Cl)c(N)c3)nc(N[C@@H](CO)C(C)C)nc21. The number of fused-ring (bicyclic) bond motifs is 1. The van der Waals surface area contributed by atoms with Gasteiger partial charge in [-0.25, -0.2) is 4.68 Å². The van der Waals surface area contributed by atoms with Gasteiger partial charge in [-0.3, -0.25) is 0 Å². The quantitative estimate of drug-likeness (QED) is 0.453. The number of rotatable bonds is 7. The fourth-order valence-electron chi connectivity index (χ4n) is 2.57. The number of aliphatic hydroxyl groups is 1. The molecule has 9 nitrogen and oxygen atoms in total. The molecule has 1 aromatic carbocycles. The summed E-state index contributed by atoms with van der Waals surface area (Å²) in [6, 6.07) is 5.06. The average Bonchev–Trinajstić information content (AvgIpc) is 3.05. The van der Waals surface area contributed by atoms with Crippen LogP contribution in [0.15, 0.2) is 18.2 Å². The summed E-state index contributed by atoms with van der Waals surface area (Å²) in [6.07, 6.45) is 0. The Hall–Kier alpha value is -2.65. The molecule has 10 heteroatoms. The summed E-state index contributed by atoms with van der Waals surface area (Å²) in [5.41, 5.74) is 8.20. The first-order chi connectivity index (χ1) is 12.9. The van der Waals surface area contributed by atoms with Crippen LogP contribution < -0.4 is 16.4 Å². The minimum atomic E-state index is -0.174. The van der Waals surface area contributed by atoms with Crippen molar-refractivity contribution < 1.29 is 5.11 Å². The van der Waals surface area contributed by atoms with E-state index in [0.29, 0.717) is 40.2 Å². The van der Waals surface area contributed by atoms with Gasteiger partial charge >= 0.3 is 0 Å². The predicted molar refractivity (Wildman–Crippen MR) is 107 cm³/mol. The maximum Gasteiger partial charge on any atom is 0.227 e. The van der Waals surface area contributed by atoms with Crippen molar-refractivity contribution in [2.24, 2.45) is 5.92 Å². The number of nitrogens with two attached hydrogens (primary N) is 1. The van der Waals surface area contributed by atoms with Crippen molar-refractivity contribution in [3.63, 3.8) is 0 Å². The minimum absolute atomic E-state index is 0.0270. The van der Waals surface area contributed by atoms with Gasteiger partial charge in [0, 0.05) is 12.2 Å². The lowest BCUT2D eigenvalue weighted by molar-refractivity contribution is 0.248. The molecule has 0 spiro atoms. The molecule has 1 atom stereocenters. The molecule has 0 fully saturated rings. The Morgan fingerprint density at radius 1 is 1.30 bits per heavy atom. The van der Waals surface area contributed by atoms with Crippen LogP contribution in [0.1, 0.15) is 20.8 Å². The van der Waals surface area contributed by atoms with Gasteiger partial charge in [-0.2, -0.15) is 9.97 Å². The summed E-state index contributed by atoms with van der Waals surface area (Å²) in [4.78, 5) is 9.06. The van der Waals surface area contributed by atoms with Crippen molar-refractivity contribution in [2.75, 3.05) is 23.0 Å². The smallest absolute Gasteiger partial charge is 0.227 e. The molecule has 0 aliphatic heterocycles. The number of hydrogen-bond donors (Lipinski definition) is 4. The number of aliphatic hydroxyl groups excluding tert-OH is 1. The third-order valence-electron chi connectivity index (χ3n) is 4.24. The van der Waals surface area contributed by atoms with E-state index in [9.17, 15) is 5.11 Å². The number of nitrogens with one attached hydrogen (secondary N) is 2. The first-order valence-corrected chi connectivity index (χ1v) is 9.11. The molecule has 144 valence electrons. The standard InChI is InChI=1S/C17H23ClN8O/c1-4-26-16-14(24-25-26)15(20-10-5-6-11(18)12(19)7-10)22-17(23-16)21-13(8-27)9(2)3/h5-7,9,13,27H,4,8,19H2,1-3H3,(H2,20,21,22,23)/t13-/m0/s1. The Morgan fingerprint density at radius 3 is 2.70 bits per heavy atom. The summed E-state index contributed by atoms with van der Waals surface area (Å²) in [5, 5.41) is 24.8. The van der Waals surface area contributed by atoms with E-state index >= 15 is 0 Å². The molecule has 0 aliphatic rings. The van der Waals surface area contributed by atoms with Crippen molar-refractivity contribution >= 4 is 45.9 Å². The van der Waals surface area contributed by atoms with E-state index < -0.39 is 0 Å². The molecule has 0 saturated heterocycles. The lowest BCUT2D eigenvalue weighted by Crippen LogP contribution is -2.30. The van der Waals surface area contributed by atoms with Crippen LogP contribution >= 0.6 is 11.6 Å². The number of aryl methyl sites for hydroxylation is 1. The first-order valence-electron chi connectivity index (χ1n) is 8.73. The molecule has 0 bridgehead atoms. The van der Waals surface area contributed by atoms with Crippen LogP contribution in [0.3, 0.4) is 0 Å². The first kappa shape index (κ1) is 19.1. The summed E-state index contributed by atoms with van der Waals surface area (Å²) in [5.74, 6) is 1.08. The zero-order chi connectivity index (χ0) is 19.6. The Labute approximate surface area is 161 Å². The number of halogens is 1. The van der Waals surface area contributed by atoms with Gasteiger partial charge in [0.05, 0.1) is 23.4 Å². The fraction of sp³-hybridized carbons (Fsp3) is 0.412. The molecule has 0 unspecified atom stereocenters. The Kier molecular flexibility index (Phi) is 5.62. The average molecular weight is 391 g/mol. The third-order valence-corrected chi connectivity index (χ3v) is 4.58. The monoisotopic (exact) mass is 390 g/mol. The zero-order valence-corrected chi connectivity index (χ0v) is 16.2. The minimum Gasteiger partial charge on any atom is -0.397 e. The van der Waals surface area contributed by atoms with E-state index in [2.05, 4.69) is 30.9 Å². The second kappa shape index (κ2) is 7.93. The molecule has 0 radical (unpaired) electrons. The van der Waals surface area contributed by atoms with Gasteiger partial charge in [0.15, 0.2) is 17.0 Å². The third kappa shape index (κ3) is 4.04. The van der Waals surface area contributed by atoms with Crippen LogP contribution in [0.25, 0.3) is 11.2 Å². The summed E-state index contributed by atoms with van der Waals surface area (Å²) in [6.45, 7) is 6.58. The van der Waals surface area contributed by atoms with Crippen LogP contribution in [-0.4, -0.2) is 42.7 Å². The largest absolute Gasteiger partial charge is 0.397 e. The van der Waals surface area contributed by atoms with Gasteiger partial charge < -0.3 is 21.5 Å². The normalized spacial score (nSPS) is 12.5. The molecule has 3 rings (SSSR count). The second-order valence-corrected chi connectivity index (χ2v) is 6.92. The molecule has 0 amide bonds. The highest BCUT2D eigenvalue weighted by Gasteiger charge is 2.18. The molecule has 2 heterocycles. The van der Waals surface area contributed by atoms with Gasteiger partial charge in [0.2, 0.25) is 5.95 Å². The van der Waals surface area contributed by atoms with Crippen molar-refractivity contribution in [1.82, 2.24) is 25.0 Å². The Bertz CT molecular complexity index is 942. The van der Waals surface area contributed by atoms with E-state index in [-0.39, 0.29) is 18.6 Å². The summed E-state index contributed by atoms with van der Waals surface area (Å²) >= 11 is 5.99. The second-order valence-electron chi connectivity index (χ2n) is 6.51. The maximum absolute atomic E-state index is 9.60. The topological polar surface area (TPSA) is 127 Å². The van der Waals surface area contributed by atoms with Crippen molar-refractivity contribution in [3.05, 3.63) is 23.2 Å². The predicted octanol–water partition coefficient (Wildman–Crippen LogP) is 2.65. The summed E-state index contributed by atoms with van der Waals surface area (Å²) in [7, 11) is 0. The molecule has 0 saturated carbocycles. The van der Waals surface area contributed by atoms with Gasteiger partial charge in [-0.1, -0.05) is 30.7 Å². The highest BCUT2D eigenvalue weighted by atomic mass is 35.5. The van der Waals surface area contributed by atoms with Crippen LogP contribution in [0.2, 0.25) is 5.02 Å². The molecular weight excluding hydrogens is 368 g/mol. The van der Waals surface area contributed by atoms with Gasteiger partial charge in [0.25, 0.3) is 0 Å². The number of aromatic nitrogens is 5. The number of nitrogen functional groups attached to an aromatic ring is 1. The summed E-state index contributed by atoms with van der Waals surface area (Å²) < 4.78 is 1.69. The highest BCUT2D eigenvalue weighted by Crippen LogP contribution is 2.27. The van der Waals surface area contributed by atoms with Gasteiger partial charge in [0.1, 0.15) is 0 Å². The molecular formula is C17H23ClN8O.